The number of methoxy groups -OCH3 is 1. The maximum atomic E-state index is 5.42. The minimum atomic E-state index is 0.963. The normalized spacial score (nSPS) is 14.7. The Bertz CT molecular complexity index is 516. The van der Waals surface area contributed by atoms with Gasteiger partial charge in [-0.25, -0.2) is 0 Å². The fourth-order valence-corrected chi connectivity index (χ4v) is 2.40. The number of aromatic amines is 1. The Morgan fingerprint density at radius 1 is 1.40 bits per heavy atom. The summed E-state index contributed by atoms with van der Waals surface area (Å²) < 4.78 is 5.42. The summed E-state index contributed by atoms with van der Waals surface area (Å²) in [6.45, 7) is 1.06. The molecule has 1 aromatic carbocycles. The SMILES string of the molecule is COc1ccc2[nH]cc3c2c1N(C)CC3. The number of H-pyrrole nitrogens is 1. The first-order chi connectivity index (χ1) is 7.31. The van der Waals surface area contributed by atoms with Gasteiger partial charge in [-0.1, -0.05) is 0 Å². The molecule has 78 valence electrons. The zero-order chi connectivity index (χ0) is 10.4. The molecule has 1 N–H and O–H groups in total. The lowest BCUT2D eigenvalue weighted by Crippen LogP contribution is -2.24. The van der Waals surface area contributed by atoms with Gasteiger partial charge in [0.25, 0.3) is 0 Å². The molecule has 0 radical (unpaired) electrons. The standard InChI is InChI=1S/C12H14N2O/c1-14-6-5-8-7-13-9-3-4-10(15-2)12(14)11(8)9/h3-4,7,13H,5-6H2,1-2H3. The molecule has 0 amide bonds. The number of anilines is 1. The molecule has 1 aromatic heterocycles. The number of aromatic nitrogens is 1. The summed E-state index contributed by atoms with van der Waals surface area (Å²) >= 11 is 0. The van der Waals surface area contributed by atoms with Crippen molar-refractivity contribution in [1.82, 2.24) is 4.98 Å². The van der Waals surface area contributed by atoms with Gasteiger partial charge >= 0.3 is 0 Å². The minimum absolute atomic E-state index is 0.963. The third-order valence-corrected chi connectivity index (χ3v) is 3.18. The molecule has 1 aliphatic heterocycles. The van der Waals surface area contributed by atoms with Crippen molar-refractivity contribution in [2.45, 2.75) is 6.42 Å². The molecule has 0 fully saturated rings. The van der Waals surface area contributed by atoms with Crippen molar-refractivity contribution >= 4 is 16.6 Å². The number of nitrogens with one attached hydrogen (secondary N) is 1. The van der Waals surface area contributed by atoms with Crippen LogP contribution in [-0.2, 0) is 6.42 Å². The first-order valence-corrected chi connectivity index (χ1v) is 5.19. The Morgan fingerprint density at radius 3 is 3.07 bits per heavy atom. The summed E-state index contributed by atoms with van der Waals surface area (Å²) in [6, 6.07) is 4.11. The highest BCUT2D eigenvalue weighted by molar-refractivity contribution is 5.99. The third-order valence-electron chi connectivity index (χ3n) is 3.18. The van der Waals surface area contributed by atoms with E-state index in [4.69, 9.17) is 4.74 Å². The van der Waals surface area contributed by atoms with Crippen LogP contribution in [0.4, 0.5) is 5.69 Å². The Kier molecular flexibility index (Phi) is 1.69. The number of benzene rings is 1. The van der Waals surface area contributed by atoms with Gasteiger partial charge in [-0.2, -0.15) is 0 Å². The first kappa shape index (κ1) is 8.65. The lowest BCUT2D eigenvalue weighted by molar-refractivity contribution is 0.415. The zero-order valence-electron chi connectivity index (χ0n) is 9.00. The molecular weight excluding hydrogens is 188 g/mol. The quantitative estimate of drug-likeness (QED) is 0.767. The van der Waals surface area contributed by atoms with E-state index in [9.17, 15) is 0 Å². The number of rotatable bonds is 1. The molecule has 3 heteroatoms. The van der Waals surface area contributed by atoms with Gasteiger partial charge in [0, 0.05) is 30.7 Å². The van der Waals surface area contributed by atoms with Crippen molar-refractivity contribution in [3.8, 4) is 5.75 Å². The van der Waals surface area contributed by atoms with E-state index in [0.717, 1.165) is 18.7 Å². The van der Waals surface area contributed by atoms with Crippen LogP contribution in [0.15, 0.2) is 18.3 Å². The minimum Gasteiger partial charge on any atom is -0.495 e. The Morgan fingerprint density at radius 2 is 2.27 bits per heavy atom. The van der Waals surface area contributed by atoms with E-state index in [-0.39, 0.29) is 0 Å². The van der Waals surface area contributed by atoms with Crippen LogP contribution in [0.25, 0.3) is 10.9 Å². The van der Waals surface area contributed by atoms with Gasteiger partial charge in [0.1, 0.15) is 5.75 Å². The molecule has 3 nitrogen and oxygen atoms in total. The summed E-state index contributed by atoms with van der Waals surface area (Å²) in [5, 5.41) is 1.32. The highest BCUT2D eigenvalue weighted by Crippen LogP contribution is 2.40. The van der Waals surface area contributed by atoms with Gasteiger partial charge in [-0.15, -0.1) is 0 Å². The topological polar surface area (TPSA) is 28.3 Å². The van der Waals surface area contributed by atoms with E-state index in [1.165, 1.54) is 22.2 Å². The molecule has 0 saturated heterocycles. The number of hydrogen-bond donors (Lipinski definition) is 1. The number of hydrogen-bond acceptors (Lipinski definition) is 2. The predicted octanol–water partition coefficient (Wildman–Crippen LogP) is 2.17. The van der Waals surface area contributed by atoms with Crippen molar-refractivity contribution in [3.63, 3.8) is 0 Å². The second-order valence-electron chi connectivity index (χ2n) is 4.02. The zero-order valence-corrected chi connectivity index (χ0v) is 9.00. The molecule has 2 aromatic rings. The lowest BCUT2D eigenvalue weighted by Gasteiger charge is -2.27. The Balaban J connectivity index is 2.41. The van der Waals surface area contributed by atoms with E-state index in [2.05, 4.69) is 29.2 Å². The van der Waals surface area contributed by atoms with Crippen LogP contribution in [0.5, 0.6) is 5.75 Å². The van der Waals surface area contributed by atoms with Crippen molar-refractivity contribution in [1.29, 1.82) is 0 Å². The average molecular weight is 202 g/mol. The molecule has 0 atom stereocenters. The highest BCUT2D eigenvalue weighted by atomic mass is 16.5. The maximum absolute atomic E-state index is 5.42. The molecule has 0 bridgehead atoms. The second kappa shape index (κ2) is 2.92. The summed E-state index contributed by atoms with van der Waals surface area (Å²) in [6.07, 6.45) is 3.22. The first-order valence-electron chi connectivity index (χ1n) is 5.19. The van der Waals surface area contributed by atoms with Gasteiger partial charge in [0.2, 0.25) is 0 Å². The van der Waals surface area contributed by atoms with E-state index in [1.807, 2.05) is 6.07 Å². The van der Waals surface area contributed by atoms with Crippen molar-refractivity contribution in [3.05, 3.63) is 23.9 Å². The van der Waals surface area contributed by atoms with Crippen LogP contribution >= 0.6 is 0 Å². The Labute approximate surface area is 88.6 Å². The highest BCUT2D eigenvalue weighted by Gasteiger charge is 2.20. The fourth-order valence-electron chi connectivity index (χ4n) is 2.40. The van der Waals surface area contributed by atoms with Gasteiger partial charge in [0.05, 0.1) is 12.8 Å². The van der Waals surface area contributed by atoms with E-state index in [1.54, 1.807) is 7.11 Å². The van der Waals surface area contributed by atoms with Crippen LogP contribution in [0.1, 0.15) is 5.56 Å². The molecule has 1 aliphatic rings. The van der Waals surface area contributed by atoms with Crippen LogP contribution in [0.3, 0.4) is 0 Å². The van der Waals surface area contributed by atoms with E-state index >= 15 is 0 Å². The largest absolute Gasteiger partial charge is 0.495 e. The molecule has 0 aliphatic carbocycles. The molecule has 3 rings (SSSR count). The van der Waals surface area contributed by atoms with Gasteiger partial charge in [0.15, 0.2) is 0 Å². The van der Waals surface area contributed by atoms with E-state index in [0.29, 0.717) is 0 Å². The molecular formula is C12H14N2O. The summed E-state index contributed by atoms with van der Waals surface area (Å²) in [5.41, 5.74) is 3.82. The fraction of sp³-hybridized carbons (Fsp3) is 0.333. The average Bonchev–Trinajstić information content (AvgIpc) is 2.68. The van der Waals surface area contributed by atoms with Crippen LogP contribution < -0.4 is 9.64 Å². The third kappa shape index (κ3) is 1.06. The molecule has 15 heavy (non-hydrogen) atoms. The smallest absolute Gasteiger partial charge is 0.142 e. The van der Waals surface area contributed by atoms with Crippen LogP contribution in [-0.4, -0.2) is 25.7 Å². The lowest BCUT2D eigenvalue weighted by atomic mass is 10.0. The molecule has 2 heterocycles. The van der Waals surface area contributed by atoms with Crippen molar-refractivity contribution in [2.75, 3.05) is 25.6 Å². The number of ether oxygens (including phenoxy) is 1. The monoisotopic (exact) mass is 202 g/mol. The second-order valence-corrected chi connectivity index (χ2v) is 4.02. The summed E-state index contributed by atoms with van der Waals surface area (Å²) in [5.74, 6) is 0.963. The van der Waals surface area contributed by atoms with Crippen molar-refractivity contribution in [2.24, 2.45) is 0 Å². The van der Waals surface area contributed by atoms with Crippen LogP contribution in [0.2, 0.25) is 0 Å². The van der Waals surface area contributed by atoms with Crippen molar-refractivity contribution < 1.29 is 4.74 Å². The van der Waals surface area contributed by atoms with Gasteiger partial charge in [-0.05, 0) is 24.1 Å². The summed E-state index contributed by atoms with van der Waals surface area (Å²) in [7, 11) is 3.85. The molecule has 0 unspecified atom stereocenters. The number of nitrogens with zero attached hydrogens (tertiary/aromatic N) is 1. The van der Waals surface area contributed by atoms with Crippen LogP contribution in [0, 0.1) is 0 Å². The predicted molar refractivity (Wildman–Crippen MR) is 61.8 cm³/mol. The maximum Gasteiger partial charge on any atom is 0.142 e. The summed E-state index contributed by atoms with van der Waals surface area (Å²) in [4.78, 5) is 5.58. The number of likely N-dealkylation sites (N-methyl/N-ethyl adjacent to an activating group) is 1. The Hall–Kier alpha value is -1.64. The van der Waals surface area contributed by atoms with E-state index < -0.39 is 0 Å². The molecule has 0 saturated carbocycles. The van der Waals surface area contributed by atoms with Gasteiger partial charge < -0.3 is 14.6 Å². The van der Waals surface area contributed by atoms with Gasteiger partial charge in [-0.3, -0.25) is 0 Å². The molecule has 0 spiro atoms.